The van der Waals surface area contributed by atoms with E-state index in [9.17, 15) is 9.59 Å². The molecule has 5 nitrogen and oxygen atoms in total. The summed E-state index contributed by atoms with van der Waals surface area (Å²) >= 11 is 3.07. The van der Waals surface area contributed by atoms with Gasteiger partial charge in [0.25, 0.3) is 5.56 Å². The van der Waals surface area contributed by atoms with Gasteiger partial charge in [-0.1, -0.05) is 0 Å². The minimum Gasteiger partial charge on any atom is -0.359 e. The van der Waals surface area contributed by atoms with E-state index in [1.54, 1.807) is 7.05 Å². The van der Waals surface area contributed by atoms with Crippen molar-refractivity contribution < 1.29 is 4.79 Å². The van der Waals surface area contributed by atoms with Gasteiger partial charge >= 0.3 is 0 Å². The van der Waals surface area contributed by atoms with Gasteiger partial charge in [0.1, 0.15) is 4.47 Å². The van der Waals surface area contributed by atoms with Crippen LogP contribution in [-0.4, -0.2) is 22.5 Å². The van der Waals surface area contributed by atoms with Crippen LogP contribution in [0.1, 0.15) is 6.42 Å². The molecule has 1 heterocycles. The zero-order valence-corrected chi connectivity index (χ0v) is 9.24. The van der Waals surface area contributed by atoms with Crippen molar-refractivity contribution in [2.24, 2.45) is 0 Å². The van der Waals surface area contributed by atoms with Gasteiger partial charge in [-0.05, 0) is 15.9 Å². The number of nitrogens with zero attached hydrogens (tertiary/aromatic N) is 2. The van der Waals surface area contributed by atoms with Gasteiger partial charge in [-0.3, -0.25) is 14.2 Å². The third-order valence-electron chi connectivity index (χ3n) is 1.72. The number of carbonyl (C=O) groups is 1. The maximum absolute atomic E-state index is 11.4. The first-order chi connectivity index (χ1) is 6.65. The Morgan fingerprint density at radius 1 is 1.71 bits per heavy atom. The average Bonchev–Trinajstić information content (AvgIpc) is 2.20. The summed E-state index contributed by atoms with van der Waals surface area (Å²) in [6.07, 6.45) is 3.11. The molecular weight excluding hydrogens is 250 g/mol. The second-order valence-electron chi connectivity index (χ2n) is 2.66. The normalized spacial score (nSPS) is 9.86. The minimum absolute atomic E-state index is 0.100. The molecule has 76 valence electrons. The third kappa shape index (κ3) is 2.66. The van der Waals surface area contributed by atoms with Crippen LogP contribution in [0.4, 0.5) is 0 Å². The number of nitrogens with one attached hydrogen (secondary N) is 1. The van der Waals surface area contributed by atoms with Crippen LogP contribution in [0, 0.1) is 0 Å². The molecule has 0 bridgehead atoms. The number of rotatable bonds is 3. The zero-order valence-electron chi connectivity index (χ0n) is 7.66. The summed E-state index contributed by atoms with van der Waals surface area (Å²) in [4.78, 5) is 26.2. The van der Waals surface area contributed by atoms with Crippen molar-refractivity contribution >= 4 is 21.8 Å². The van der Waals surface area contributed by atoms with Crippen molar-refractivity contribution in [2.45, 2.75) is 13.0 Å². The fourth-order valence-electron chi connectivity index (χ4n) is 0.930. The van der Waals surface area contributed by atoms with E-state index >= 15 is 0 Å². The van der Waals surface area contributed by atoms with Crippen LogP contribution in [0.5, 0.6) is 0 Å². The molecule has 0 unspecified atom stereocenters. The summed E-state index contributed by atoms with van der Waals surface area (Å²) in [6, 6.07) is 0. The maximum Gasteiger partial charge on any atom is 0.267 e. The van der Waals surface area contributed by atoms with Crippen molar-refractivity contribution in [1.29, 1.82) is 0 Å². The fraction of sp³-hybridized carbons (Fsp3) is 0.375. The molecule has 0 radical (unpaired) electrons. The monoisotopic (exact) mass is 259 g/mol. The van der Waals surface area contributed by atoms with Crippen LogP contribution in [0.2, 0.25) is 0 Å². The summed E-state index contributed by atoms with van der Waals surface area (Å²) in [5, 5.41) is 2.48. The van der Waals surface area contributed by atoms with E-state index in [1.807, 2.05) is 0 Å². The van der Waals surface area contributed by atoms with Gasteiger partial charge in [0, 0.05) is 26.2 Å². The molecule has 14 heavy (non-hydrogen) atoms. The predicted molar refractivity (Wildman–Crippen MR) is 54.9 cm³/mol. The molecule has 1 aromatic rings. The van der Waals surface area contributed by atoms with Crippen LogP contribution in [0.25, 0.3) is 0 Å². The summed E-state index contributed by atoms with van der Waals surface area (Å²) in [6.45, 7) is 0.338. The van der Waals surface area contributed by atoms with Crippen molar-refractivity contribution in [3.63, 3.8) is 0 Å². The van der Waals surface area contributed by atoms with Gasteiger partial charge in [0.05, 0.1) is 6.33 Å². The molecule has 6 heteroatoms. The first-order valence-corrected chi connectivity index (χ1v) is 4.85. The lowest BCUT2D eigenvalue weighted by Crippen LogP contribution is -2.25. The topological polar surface area (TPSA) is 64.0 Å². The van der Waals surface area contributed by atoms with Crippen molar-refractivity contribution in [1.82, 2.24) is 14.9 Å². The van der Waals surface area contributed by atoms with E-state index in [2.05, 4.69) is 26.2 Å². The number of hydrogen-bond acceptors (Lipinski definition) is 3. The van der Waals surface area contributed by atoms with Gasteiger partial charge < -0.3 is 5.32 Å². The number of amides is 1. The zero-order chi connectivity index (χ0) is 10.6. The van der Waals surface area contributed by atoms with Gasteiger partial charge in [0.2, 0.25) is 5.91 Å². The summed E-state index contributed by atoms with van der Waals surface area (Å²) in [7, 11) is 1.56. The molecule has 0 saturated heterocycles. The molecule has 0 atom stereocenters. The number of aryl methyl sites for hydroxylation is 1. The van der Waals surface area contributed by atoms with Crippen molar-refractivity contribution in [3.8, 4) is 0 Å². The Hall–Kier alpha value is -1.17. The molecule has 0 aliphatic carbocycles. The molecule has 1 rings (SSSR count). The number of halogens is 1. The molecule has 0 saturated carbocycles. The van der Waals surface area contributed by atoms with E-state index in [1.165, 1.54) is 17.1 Å². The third-order valence-corrected chi connectivity index (χ3v) is 2.26. The van der Waals surface area contributed by atoms with Crippen LogP contribution in [0.15, 0.2) is 21.8 Å². The molecule has 0 fully saturated rings. The molecule has 0 spiro atoms. The Labute approximate surface area is 89.3 Å². The van der Waals surface area contributed by atoms with E-state index in [0.717, 1.165) is 0 Å². The van der Waals surface area contributed by atoms with Crippen LogP contribution in [0.3, 0.4) is 0 Å². The highest BCUT2D eigenvalue weighted by Gasteiger charge is 2.02. The van der Waals surface area contributed by atoms with Crippen LogP contribution < -0.4 is 10.9 Å². The molecule has 0 aliphatic rings. The van der Waals surface area contributed by atoms with E-state index in [-0.39, 0.29) is 17.9 Å². The van der Waals surface area contributed by atoms with Crippen molar-refractivity contribution in [2.75, 3.05) is 7.05 Å². The lowest BCUT2D eigenvalue weighted by atomic mass is 10.4. The Bertz CT molecular complexity index is 388. The lowest BCUT2D eigenvalue weighted by Gasteiger charge is -2.03. The standard InChI is InChI=1S/C8H10BrN3O2/c1-10-7(13)2-3-12-5-11-4-6(9)8(12)14/h4-5H,2-3H2,1H3,(H,10,13). The Balaban J connectivity index is 2.73. The molecule has 1 N–H and O–H groups in total. The van der Waals surface area contributed by atoms with E-state index in [4.69, 9.17) is 0 Å². The first kappa shape index (κ1) is 10.9. The Morgan fingerprint density at radius 3 is 3.07 bits per heavy atom. The molecular formula is C8H10BrN3O2. The molecule has 0 aliphatic heterocycles. The van der Waals surface area contributed by atoms with Gasteiger partial charge in [0.15, 0.2) is 0 Å². The molecule has 1 aromatic heterocycles. The Morgan fingerprint density at radius 2 is 2.43 bits per heavy atom. The largest absolute Gasteiger partial charge is 0.359 e. The first-order valence-electron chi connectivity index (χ1n) is 4.05. The summed E-state index contributed by atoms with van der Waals surface area (Å²) < 4.78 is 1.79. The second kappa shape index (κ2) is 4.90. The van der Waals surface area contributed by atoms with Gasteiger partial charge in [-0.25, -0.2) is 4.98 Å². The van der Waals surface area contributed by atoms with Crippen LogP contribution in [-0.2, 0) is 11.3 Å². The minimum atomic E-state index is -0.177. The summed E-state index contributed by atoms with van der Waals surface area (Å²) in [5.41, 5.74) is -0.177. The smallest absolute Gasteiger partial charge is 0.267 e. The summed E-state index contributed by atoms with van der Waals surface area (Å²) in [5.74, 6) is -0.100. The number of hydrogen-bond donors (Lipinski definition) is 1. The van der Waals surface area contributed by atoms with E-state index in [0.29, 0.717) is 11.0 Å². The highest BCUT2D eigenvalue weighted by atomic mass is 79.9. The van der Waals surface area contributed by atoms with E-state index < -0.39 is 0 Å². The lowest BCUT2D eigenvalue weighted by molar-refractivity contribution is -0.120. The Kier molecular flexibility index (Phi) is 3.82. The van der Waals surface area contributed by atoms with Gasteiger partial charge in [-0.15, -0.1) is 0 Å². The van der Waals surface area contributed by atoms with Crippen LogP contribution >= 0.6 is 15.9 Å². The quantitative estimate of drug-likeness (QED) is 0.840. The fourth-order valence-corrected chi connectivity index (χ4v) is 1.28. The number of carbonyl (C=O) groups excluding carboxylic acids is 1. The average molecular weight is 260 g/mol. The number of aromatic nitrogens is 2. The van der Waals surface area contributed by atoms with Crippen molar-refractivity contribution in [3.05, 3.63) is 27.4 Å². The predicted octanol–water partition coefficient (Wildman–Crippen LogP) is 0.142. The second-order valence-corrected chi connectivity index (χ2v) is 3.52. The highest BCUT2D eigenvalue weighted by Crippen LogP contribution is 1.98. The highest BCUT2D eigenvalue weighted by molar-refractivity contribution is 9.10. The SMILES string of the molecule is CNC(=O)CCn1cncc(Br)c1=O. The van der Waals surface area contributed by atoms with Gasteiger partial charge in [-0.2, -0.15) is 0 Å². The maximum atomic E-state index is 11.4. The molecule has 1 amide bonds. The molecule has 0 aromatic carbocycles.